The molecule has 1 aromatic rings. The lowest BCUT2D eigenvalue weighted by molar-refractivity contribution is -0.282. The van der Waals surface area contributed by atoms with Crippen LogP contribution in [0.3, 0.4) is 0 Å². The number of hydrogen-bond donors (Lipinski definition) is 2. The summed E-state index contributed by atoms with van der Waals surface area (Å²) in [7, 11) is 1.26. The van der Waals surface area contributed by atoms with Crippen molar-refractivity contribution < 1.29 is 37.3 Å². The number of carbonyl (C=O) groups is 1. The second kappa shape index (κ2) is 6.58. The first kappa shape index (κ1) is 20.2. The summed E-state index contributed by atoms with van der Waals surface area (Å²) in [6.07, 6.45) is -5.72. The van der Waals surface area contributed by atoms with Crippen molar-refractivity contribution in [2.45, 2.75) is 44.4 Å². The van der Waals surface area contributed by atoms with Crippen molar-refractivity contribution >= 4 is 5.97 Å². The molecule has 0 radical (unpaired) electrons. The Morgan fingerprint density at radius 1 is 1.29 bits per heavy atom. The number of carboxylic acid groups (broad SMARTS) is 1. The number of halogens is 4. The van der Waals surface area contributed by atoms with E-state index in [0.29, 0.717) is 0 Å². The number of alkyl halides is 3. The normalized spacial score (nSPS) is 16.4. The monoisotopic (exact) mass is 352 g/mol. The van der Waals surface area contributed by atoms with E-state index in [1.807, 2.05) is 0 Å². The van der Waals surface area contributed by atoms with E-state index in [9.17, 15) is 27.5 Å². The maximum absolute atomic E-state index is 13.6. The number of methoxy groups -OCH3 is 1. The summed E-state index contributed by atoms with van der Waals surface area (Å²) in [6, 6.07) is 3.30. The van der Waals surface area contributed by atoms with Crippen molar-refractivity contribution in [1.29, 1.82) is 0 Å². The molecule has 0 amide bonds. The number of carboxylic acids is 1. The zero-order valence-corrected chi connectivity index (χ0v) is 13.7. The Hall–Kier alpha value is -1.83. The van der Waals surface area contributed by atoms with Gasteiger partial charge in [-0.25, -0.2) is 9.18 Å². The Kier molecular flexibility index (Phi) is 5.54. The Morgan fingerprint density at radius 3 is 2.21 bits per heavy atom. The smallest absolute Gasteiger partial charge is 0.428 e. The number of benzene rings is 1. The van der Waals surface area contributed by atoms with Crippen LogP contribution in [0.5, 0.6) is 5.75 Å². The first-order chi connectivity index (χ1) is 10.8. The molecule has 0 aromatic heterocycles. The number of rotatable bonds is 6. The molecule has 136 valence electrons. The minimum absolute atomic E-state index is 0.0424. The van der Waals surface area contributed by atoms with E-state index >= 15 is 0 Å². The minimum Gasteiger partial charge on any atom is -0.496 e. The van der Waals surface area contributed by atoms with E-state index in [2.05, 4.69) is 0 Å². The van der Waals surface area contributed by atoms with Crippen LogP contribution in [0.4, 0.5) is 17.6 Å². The molecule has 8 heteroatoms. The summed E-state index contributed by atoms with van der Waals surface area (Å²) in [5, 5.41) is 19.1. The van der Waals surface area contributed by atoms with Crippen LogP contribution in [-0.4, -0.2) is 35.1 Å². The summed E-state index contributed by atoms with van der Waals surface area (Å²) in [5.41, 5.74) is -5.49. The predicted molar refractivity (Wildman–Crippen MR) is 78.4 cm³/mol. The highest BCUT2D eigenvalue weighted by Crippen LogP contribution is 2.49. The van der Waals surface area contributed by atoms with Crippen molar-refractivity contribution in [2.24, 2.45) is 5.92 Å². The van der Waals surface area contributed by atoms with Crippen molar-refractivity contribution in [2.75, 3.05) is 7.11 Å². The van der Waals surface area contributed by atoms with Crippen LogP contribution in [0.25, 0.3) is 0 Å². The van der Waals surface area contributed by atoms with Gasteiger partial charge in [-0.3, -0.25) is 0 Å². The van der Waals surface area contributed by atoms with Gasteiger partial charge < -0.3 is 14.9 Å². The topological polar surface area (TPSA) is 66.8 Å². The molecule has 24 heavy (non-hydrogen) atoms. The Labute approximate surface area is 137 Å². The molecule has 0 saturated carbocycles. The fraction of sp³-hybridized carbons (Fsp3) is 0.562. The van der Waals surface area contributed by atoms with Crippen LogP contribution in [0.15, 0.2) is 18.2 Å². The van der Waals surface area contributed by atoms with Gasteiger partial charge in [0.05, 0.1) is 7.11 Å². The average molecular weight is 352 g/mol. The Balaban J connectivity index is 3.63. The maximum Gasteiger partial charge on any atom is 0.428 e. The van der Waals surface area contributed by atoms with Gasteiger partial charge in [-0.1, -0.05) is 20.8 Å². The standard InChI is InChI=1S/C16H20F4O4/c1-5-12(15(23,13(21)22)16(18,19)20)14(2,3)10-8-9(17)6-7-11(10)24-4/h6-8,12,23H,5H2,1-4H3,(H,21,22). The number of aliphatic carboxylic acids is 1. The zero-order valence-electron chi connectivity index (χ0n) is 13.7. The van der Waals surface area contributed by atoms with Gasteiger partial charge in [-0.2, -0.15) is 13.2 Å². The zero-order chi connectivity index (χ0) is 18.9. The third kappa shape index (κ3) is 3.19. The van der Waals surface area contributed by atoms with Gasteiger partial charge in [0.15, 0.2) is 0 Å². The van der Waals surface area contributed by atoms with Crippen molar-refractivity contribution in [3.63, 3.8) is 0 Å². The molecule has 1 aromatic carbocycles. The van der Waals surface area contributed by atoms with Crippen LogP contribution in [-0.2, 0) is 10.2 Å². The molecule has 0 aliphatic rings. The third-order valence-electron chi connectivity index (χ3n) is 4.40. The molecule has 2 unspecified atom stereocenters. The summed E-state index contributed by atoms with van der Waals surface area (Å²) < 4.78 is 58.8. The molecular formula is C16H20F4O4. The Bertz CT molecular complexity index is 613. The summed E-state index contributed by atoms with van der Waals surface area (Å²) >= 11 is 0. The van der Waals surface area contributed by atoms with Crippen LogP contribution >= 0.6 is 0 Å². The van der Waals surface area contributed by atoms with Crippen LogP contribution in [0.1, 0.15) is 32.8 Å². The molecule has 0 fully saturated rings. The van der Waals surface area contributed by atoms with Crippen molar-refractivity contribution in [3.05, 3.63) is 29.6 Å². The van der Waals surface area contributed by atoms with Crippen LogP contribution in [0.2, 0.25) is 0 Å². The van der Waals surface area contributed by atoms with Crippen molar-refractivity contribution in [3.8, 4) is 5.75 Å². The van der Waals surface area contributed by atoms with Gasteiger partial charge in [0.2, 0.25) is 0 Å². The molecule has 0 spiro atoms. The van der Waals surface area contributed by atoms with E-state index in [-0.39, 0.29) is 17.7 Å². The molecule has 0 bridgehead atoms. The summed E-state index contributed by atoms with van der Waals surface area (Å²) in [4.78, 5) is 11.3. The predicted octanol–water partition coefficient (Wildman–Crippen LogP) is 3.52. The quantitative estimate of drug-likeness (QED) is 0.769. The minimum atomic E-state index is -5.41. The molecule has 1 rings (SSSR count). The number of hydrogen-bond acceptors (Lipinski definition) is 3. The first-order valence-corrected chi connectivity index (χ1v) is 7.20. The Morgan fingerprint density at radius 2 is 1.83 bits per heavy atom. The van der Waals surface area contributed by atoms with E-state index in [4.69, 9.17) is 9.84 Å². The molecule has 2 N–H and O–H groups in total. The SMILES string of the molecule is CCC(C(C)(C)c1cc(F)ccc1OC)C(O)(C(=O)O)C(F)(F)F. The highest BCUT2D eigenvalue weighted by molar-refractivity contribution is 5.79. The van der Waals surface area contributed by atoms with Gasteiger partial charge >= 0.3 is 12.1 Å². The molecule has 4 nitrogen and oxygen atoms in total. The van der Waals surface area contributed by atoms with E-state index in [1.165, 1.54) is 33.9 Å². The highest BCUT2D eigenvalue weighted by atomic mass is 19.4. The lowest BCUT2D eigenvalue weighted by atomic mass is 9.64. The van der Waals surface area contributed by atoms with Gasteiger partial charge in [0, 0.05) is 11.5 Å². The molecule has 2 atom stereocenters. The number of ether oxygens (including phenoxy) is 1. The van der Waals surface area contributed by atoms with E-state index < -0.39 is 34.9 Å². The van der Waals surface area contributed by atoms with Gasteiger partial charge in [0.1, 0.15) is 11.6 Å². The second-order valence-corrected chi connectivity index (χ2v) is 6.10. The van der Waals surface area contributed by atoms with Crippen LogP contribution in [0, 0.1) is 11.7 Å². The van der Waals surface area contributed by atoms with Gasteiger partial charge in [-0.05, 0) is 30.0 Å². The lowest BCUT2D eigenvalue weighted by Crippen LogP contribution is -2.61. The molecule has 0 aliphatic carbocycles. The fourth-order valence-electron chi connectivity index (χ4n) is 3.17. The lowest BCUT2D eigenvalue weighted by Gasteiger charge is -2.43. The second-order valence-electron chi connectivity index (χ2n) is 6.10. The molecule has 0 saturated heterocycles. The molecular weight excluding hydrogens is 332 g/mol. The largest absolute Gasteiger partial charge is 0.496 e. The van der Waals surface area contributed by atoms with Gasteiger partial charge in [-0.15, -0.1) is 0 Å². The highest BCUT2D eigenvalue weighted by Gasteiger charge is 2.67. The number of aliphatic hydroxyl groups is 1. The maximum atomic E-state index is 13.6. The summed E-state index contributed by atoms with van der Waals surface area (Å²) in [5.74, 6) is -4.78. The van der Waals surface area contributed by atoms with Gasteiger partial charge in [0.25, 0.3) is 5.60 Å². The van der Waals surface area contributed by atoms with E-state index in [0.717, 1.165) is 12.1 Å². The molecule has 0 aliphatic heterocycles. The van der Waals surface area contributed by atoms with E-state index in [1.54, 1.807) is 0 Å². The fourth-order valence-corrected chi connectivity index (χ4v) is 3.17. The average Bonchev–Trinajstić information content (AvgIpc) is 2.45. The van der Waals surface area contributed by atoms with Crippen LogP contribution < -0.4 is 4.74 Å². The third-order valence-corrected chi connectivity index (χ3v) is 4.40. The first-order valence-electron chi connectivity index (χ1n) is 7.20. The molecule has 0 heterocycles. The summed E-state index contributed by atoms with van der Waals surface area (Å²) in [6.45, 7) is 3.97. The van der Waals surface area contributed by atoms with Crippen molar-refractivity contribution in [1.82, 2.24) is 0 Å².